The highest BCUT2D eigenvalue weighted by molar-refractivity contribution is 5.85. The van der Waals surface area contributed by atoms with E-state index in [1.165, 1.54) is 0 Å². The number of rotatable bonds is 3. The number of nitrogens with two attached hydrogens (primary N) is 2. The Labute approximate surface area is 70.0 Å². The van der Waals surface area contributed by atoms with E-state index in [2.05, 4.69) is 0 Å². The van der Waals surface area contributed by atoms with Gasteiger partial charge < -0.3 is 0 Å². The molecule has 0 aromatic rings. The zero-order valence-electron chi connectivity index (χ0n) is 5.79. The summed E-state index contributed by atoms with van der Waals surface area (Å²) in [6.45, 7) is 0. The van der Waals surface area contributed by atoms with Crippen molar-refractivity contribution in [3.63, 3.8) is 0 Å². The van der Waals surface area contributed by atoms with Crippen molar-refractivity contribution in [2.24, 2.45) is 11.7 Å². The average molecular weight is 183 g/mol. The molecule has 0 spiro atoms. The van der Waals surface area contributed by atoms with Gasteiger partial charge in [-0.3, -0.25) is 20.4 Å². The lowest BCUT2D eigenvalue weighted by Gasteiger charge is -1.97. The number of carbonyl (C=O) groups excluding carboxylic acids is 2. The van der Waals surface area contributed by atoms with Crippen molar-refractivity contribution in [2.45, 2.75) is 12.8 Å². The number of halogens is 1. The van der Waals surface area contributed by atoms with Crippen molar-refractivity contribution < 1.29 is 9.59 Å². The van der Waals surface area contributed by atoms with E-state index in [0.717, 1.165) is 0 Å². The molecule has 0 unspecified atom stereocenters. The third-order valence-corrected chi connectivity index (χ3v) is 0.901. The Morgan fingerprint density at radius 2 is 1.27 bits per heavy atom. The predicted octanol–water partition coefficient (Wildman–Crippen LogP) is -1.83. The normalized spacial score (nSPS) is 7.82. The maximum atomic E-state index is 10.4. The predicted molar refractivity (Wildman–Crippen MR) is 41.1 cm³/mol. The molecule has 0 fully saturated rings. The molecule has 0 saturated carbocycles. The zero-order chi connectivity index (χ0) is 7.98. The van der Waals surface area contributed by atoms with E-state index in [4.69, 9.17) is 11.7 Å². The standard InChI is InChI=1S/C4H10N4O2.ClH/c5-7-3(9)1-2-4(10)8-6;/h1-2,5-6H2,(H,7,9)(H,8,10);1H. The van der Waals surface area contributed by atoms with E-state index >= 15 is 0 Å². The third-order valence-electron chi connectivity index (χ3n) is 0.901. The van der Waals surface area contributed by atoms with E-state index in [0.29, 0.717) is 0 Å². The SMILES string of the molecule is Cl.NNC(=O)CCC(=O)NN. The van der Waals surface area contributed by atoms with Gasteiger partial charge in [0.2, 0.25) is 11.8 Å². The first-order chi connectivity index (χ1) is 4.70. The van der Waals surface area contributed by atoms with Crippen LogP contribution in [0.5, 0.6) is 0 Å². The van der Waals surface area contributed by atoms with Gasteiger partial charge in [-0.2, -0.15) is 0 Å². The lowest BCUT2D eigenvalue weighted by atomic mass is 10.3. The summed E-state index contributed by atoms with van der Waals surface area (Å²) < 4.78 is 0. The second-order valence-corrected chi connectivity index (χ2v) is 1.64. The summed E-state index contributed by atoms with van der Waals surface area (Å²) in [7, 11) is 0. The Balaban J connectivity index is 0. The molecule has 0 aromatic carbocycles. The molecule has 6 N–H and O–H groups in total. The molecule has 0 aliphatic heterocycles. The molecule has 0 atom stereocenters. The van der Waals surface area contributed by atoms with E-state index in [1.54, 1.807) is 0 Å². The number of nitrogens with one attached hydrogen (secondary N) is 2. The maximum Gasteiger partial charge on any atom is 0.234 e. The fraction of sp³-hybridized carbons (Fsp3) is 0.500. The van der Waals surface area contributed by atoms with Crippen molar-refractivity contribution in [3.05, 3.63) is 0 Å². The molecule has 0 aromatic heterocycles. The molecule has 11 heavy (non-hydrogen) atoms. The molecule has 0 rings (SSSR count). The molecule has 0 aliphatic carbocycles. The average Bonchev–Trinajstić information content (AvgIpc) is 1.99. The lowest BCUT2D eigenvalue weighted by molar-refractivity contribution is -0.126. The molecule has 0 saturated heterocycles. The van der Waals surface area contributed by atoms with Crippen LogP contribution in [-0.4, -0.2) is 11.8 Å². The molecule has 7 heteroatoms. The van der Waals surface area contributed by atoms with Gasteiger partial charge in [0.25, 0.3) is 0 Å². The highest BCUT2D eigenvalue weighted by Gasteiger charge is 2.02. The van der Waals surface area contributed by atoms with Crippen molar-refractivity contribution in [3.8, 4) is 0 Å². The van der Waals surface area contributed by atoms with E-state index in [1.807, 2.05) is 10.9 Å². The summed E-state index contributed by atoms with van der Waals surface area (Å²) >= 11 is 0. The van der Waals surface area contributed by atoms with Gasteiger partial charge in [-0.05, 0) is 0 Å². The first kappa shape index (κ1) is 12.8. The van der Waals surface area contributed by atoms with Gasteiger partial charge in [0.1, 0.15) is 0 Å². The Morgan fingerprint density at radius 3 is 1.45 bits per heavy atom. The number of carbonyl (C=O) groups is 2. The number of hydrogen-bond donors (Lipinski definition) is 4. The van der Waals surface area contributed by atoms with Crippen LogP contribution >= 0.6 is 12.4 Å². The van der Waals surface area contributed by atoms with E-state index < -0.39 is 0 Å². The van der Waals surface area contributed by atoms with Crippen LogP contribution in [0, 0.1) is 0 Å². The van der Waals surface area contributed by atoms with Crippen LogP contribution in [-0.2, 0) is 9.59 Å². The third kappa shape index (κ3) is 7.04. The lowest BCUT2D eigenvalue weighted by Crippen LogP contribution is -2.34. The highest BCUT2D eigenvalue weighted by atomic mass is 35.5. The van der Waals surface area contributed by atoms with Crippen molar-refractivity contribution >= 4 is 24.2 Å². The Kier molecular flexibility index (Phi) is 8.44. The summed E-state index contributed by atoms with van der Waals surface area (Å²) in [5.74, 6) is 8.70. The van der Waals surface area contributed by atoms with Gasteiger partial charge in [0.15, 0.2) is 0 Å². The summed E-state index contributed by atoms with van der Waals surface area (Å²) in [5, 5.41) is 0. The van der Waals surface area contributed by atoms with Crippen LogP contribution in [0.15, 0.2) is 0 Å². The first-order valence-corrected chi connectivity index (χ1v) is 2.69. The summed E-state index contributed by atoms with van der Waals surface area (Å²) in [6.07, 6.45) is 0.110. The van der Waals surface area contributed by atoms with Crippen LogP contribution < -0.4 is 22.5 Å². The number of hydrogen-bond acceptors (Lipinski definition) is 4. The van der Waals surface area contributed by atoms with Gasteiger partial charge in [0, 0.05) is 12.8 Å². The van der Waals surface area contributed by atoms with Crippen molar-refractivity contribution in [2.75, 3.05) is 0 Å². The Bertz CT molecular complexity index is 124. The van der Waals surface area contributed by atoms with Crippen molar-refractivity contribution in [1.29, 1.82) is 0 Å². The molecular weight excluding hydrogens is 172 g/mol. The molecule has 0 bridgehead atoms. The first-order valence-electron chi connectivity index (χ1n) is 2.69. The second kappa shape index (κ2) is 7.26. The fourth-order valence-electron chi connectivity index (χ4n) is 0.371. The van der Waals surface area contributed by atoms with E-state index in [9.17, 15) is 9.59 Å². The molecule has 6 nitrogen and oxygen atoms in total. The Hall–Kier alpha value is -0.850. The molecule has 0 radical (unpaired) electrons. The quantitative estimate of drug-likeness (QED) is 0.234. The fourth-order valence-corrected chi connectivity index (χ4v) is 0.371. The van der Waals surface area contributed by atoms with Gasteiger partial charge in [-0.25, -0.2) is 11.7 Å². The molecule has 0 aliphatic rings. The van der Waals surface area contributed by atoms with Gasteiger partial charge >= 0.3 is 0 Å². The number of hydrazine groups is 2. The van der Waals surface area contributed by atoms with Crippen LogP contribution in [0.4, 0.5) is 0 Å². The molecular formula is C4H11ClN4O2. The molecule has 2 amide bonds. The topological polar surface area (TPSA) is 110 Å². The minimum atomic E-state index is -0.386. The van der Waals surface area contributed by atoms with Crippen LogP contribution in [0.25, 0.3) is 0 Å². The number of amides is 2. The monoisotopic (exact) mass is 182 g/mol. The summed E-state index contributed by atoms with van der Waals surface area (Å²) in [4.78, 5) is 20.8. The smallest absolute Gasteiger partial charge is 0.234 e. The molecule has 0 heterocycles. The highest BCUT2D eigenvalue weighted by Crippen LogP contribution is 1.85. The summed E-state index contributed by atoms with van der Waals surface area (Å²) in [6, 6.07) is 0. The minimum Gasteiger partial charge on any atom is -0.294 e. The summed E-state index contributed by atoms with van der Waals surface area (Å²) in [5.41, 5.74) is 3.77. The largest absolute Gasteiger partial charge is 0.294 e. The minimum absolute atomic E-state index is 0. The second-order valence-electron chi connectivity index (χ2n) is 1.64. The van der Waals surface area contributed by atoms with E-state index in [-0.39, 0.29) is 37.1 Å². The van der Waals surface area contributed by atoms with Crippen molar-refractivity contribution in [1.82, 2.24) is 10.9 Å². The van der Waals surface area contributed by atoms with Gasteiger partial charge in [0.05, 0.1) is 0 Å². The van der Waals surface area contributed by atoms with Crippen LogP contribution in [0.2, 0.25) is 0 Å². The van der Waals surface area contributed by atoms with Crippen LogP contribution in [0.3, 0.4) is 0 Å². The maximum absolute atomic E-state index is 10.4. The van der Waals surface area contributed by atoms with Gasteiger partial charge in [-0.1, -0.05) is 0 Å². The molecule has 66 valence electrons. The van der Waals surface area contributed by atoms with Crippen LogP contribution in [0.1, 0.15) is 12.8 Å². The zero-order valence-corrected chi connectivity index (χ0v) is 6.61. The Morgan fingerprint density at radius 1 is 1.00 bits per heavy atom. The van der Waals surface area contributed by atoms with Gasteiger partial charge in [-0.15, -0.1) is 12.4 Å².